The van der Waals surface area contributed by atoms with Gasteiger partial charge in [0.25, 0.3) is 0 Å². The van der Waals surface area contributed by atoms with Crippen molar-refractivity contribution in [2.45, 2.75) is 26.4 Å². The molecule has 0 bridgehead atoms. The molecule has 0 aliphatic carbocycles. The molecule has 0 saturated carbocycles. The number of benzene rings is 1. The van der Waals surface area contributed by atoms with E-state index in [1.54, 1.807) is 6.07 Å². The highest BCUT2D eigenvalue weighted by Crippen LogP contribution is 2.25. The minimum absolute atomic E-state index is 0.0290. The van der Waals surface area contributed by atoms with Crippen LogP contribution in [-0.4, -0.2) is 16.7 Å². The molecule has 4 nitrogen and oxygen atoms in total. The number of ether oxygens (including phenoxy) is 1. The molecule has 2 heterocycles. The van der Waals surface area contributed by atoms with Gasteiger partial charge in [-0.05, 0) is 31.2 Å². The SMILES string of the molecule is Cc1ccc(C(=O)CCC(=O)OCc2csc(-c3ccc(Cl)cc3)n2)s1. The minimum atomic E-state index is -0.396. The van der Waals surface area contributed by atoms with Gasteiger partial charge in [-0.2, -0.15) is 0 Å². The van der Waals surface area contributed by atoms with Crippen LogP contribution in [0.25, 0.3) is 10.6 Å². The lowest BCUT2D eigenvalue weighted by atomic mass is 10.2. The molecule has 26 heavy (non-hydrogen) atoms. The quantitative estimate of drug-likeness (QED) is 0.382. The first-order chi connectivity index (χ1) is 12.5. The van der Waals surface area contributed by atoms with E-state index in [1.807, 2.05) is 42.6 Å². The molecule has 0 N–H and O–H groups in total. The zero-order valence-electron chi connectivity index (χ0n) is 14.0. The van der Waals surface area contributed by atoms with Gasteiger partial charge in [0.15, 0.2) is 5.78 Å². The van der Waals surface area contributed by atoms with E-state index in [9.17, 15) is 9.59 Å². The van der Waals surface area contributed by atoms with Gasteiger partial charge in [-0.1, -0.05) is 23.7 Å². The molecular formula is C19H16ClNO3S2. The van der Waals surface area contributed by atoms with E-state index in [-0.39, 0.29) is 25.2 Å². The van der Waals surface area contributed by atoms with Crippen molar-refractivity contribution in [3.63, 3.8) is 0 Å². The van der Waals surface area contributed by atoms with Crippen molar-refractivity contribution in [3.8, 4) is 10.6 Å². The number of thiophene rings is 1. The fraction of sp³-hybridized carbons (Fsp3) is 0.211. The molecule has 0 atom stereocenters. The summed E-state index contributed by atoms with van der Waals surface area (Å²) in [6, 6.07) is 11.1. The summed E-state index contributed by atoms with van der Waals surface area (Å²) < 4.78 is 5.22. The molecule has 0 aliphatic rings. The van der Waals surface area contributed by atoms with Crippen LogP contribution in [0.3, 0.4) is 0 Å². The fourth-order valence-corrected chi connectivity index (χ4v) is 4.02. The van der Waals surface area contributed by atoms with Crippen LogP contribution in [0.2, 0.25) is 5.02 Å². The van der Waals surface area contributed by atoms with Crippen molar-refractivity contribution in [1.29, 1.82) is 0 Å². The minimum Gasteiger partial charge on any atom is -0.459 e. The van der Waals surface area contributed by atoms with Crippen LogP contribution in [0.4, 0.5) is 0 Å². The second-order valence-corrected chi connectivity index (χ2v) is 8.23. The highest BCUT2D eigenvalue weighted by atomic mass is 35.5. The Bertz CT molecular complexity index is 915. The molecule has 1 aromatic carbocycles. The van der Waals surface area contributed by atoms with E-state index in [4.69, 9.17) is 16.3 Å². The summed E-state index contributed by atoms with van der Waals surface area (Å²) in [6.45, 7) is 2.05. The van der Waals surface area contributed by atoms with Crippen LogP contribution in [0, 0.1) is 6.92 Å². The van der Waals surface area contributed by atoms with Gasteiger partial charge in [-0.15, -0.1) is 22.7 Å². The molecule has 134 valence electrons. The van der Waals surface area contributed by atoms with Crippen molar-refractivity contribution in [2.24, 2.45) is 0 Å². The summed E-state index contributed by atoms with van der Waals surface area (Å²) >= 11 is 8.80. The Morgan fingerprint density at radius 1 is 1.12 bits per heavy atom. The van der Waals surface area contributed by atoms with E-state index in [0.717, 1.165) is 15.4 Å². The van der Waals surface area contributed by atoms with E-state index in [1.165, 1.54) is 22.7 Å². The van der Waals surface area contributed by atoms with Crippen LogP contribution < -0.4 is 0 Å². The largest absolute Gasteiger partial charge is 0.459 e. The first-order valence-electron chi connectivity index (χ1n) is 7.97. The van der Waals surface area contributed by atoms with Gasteiger partial charge in [-0.3, -0.25) is 9.59 Å². The molecule has 0 amide bonds. The maximum absolute atomic E-state index is 12.0. The molecule has 0 unspecified atom stereocenters. The Morgan fingerprint density at radius 3 is 2.58 bits per heavy atom. The van der Waals surface area contributed by atoms with Gasteiger partial charge in [0.2, 0.25) is 0 Å². The fourth-order valence-electron chi connectivity index (χ4n) is 2.25. The Balaban J connectivity index is 1.47. The molecule has 2 aromatic heterocycles. The van der Waals surface area contributed by atoms with Gasteiger partial charge >= 0.3 is 5.97 Å². The van der Waals surface area contributed by atoms with Crippen LogP contribution in [0.15, 0.2) is 41.8 Å². The van der Waals surface area contributed by atoms with E-state index in [0.29, 0.717) is 15.6 Å². The Morgan fingerprint density at radius 2 is 1.88 bits per heavy atom. The van der Waals surface area contributed by atoms with E-state index >= 15 is 0 Å². The maximum atomic E-state index is 12.0. The summed E-state index contributed by atoms with van der Waals surface area (Å²) in [5.74, 6) is -0.425. The first-order valence-corrected chi connectivity index (χ1v) is 10.0. The number of esters is 1. The standard InChI is InChI=1S/C19H16ClNO3S2/c1-12-2-8-17(26-12)16(22)7-9-18(23)24-10-15-11-25-19(21-15)13-3-5-14(20)6-4-13/h2-6,8,11H,7,9-10H2,1H3. The zero-order chi connectivity index (χ0) is 18.5. The van der Waals surface area contributed by atoms with Gasteiger partial charge < -0.3 is 4.74 Å². The monoisotopic (exact) mass is 405 g/mol. The third kappa shape index (κ3) is 5.00. The number of halogens is 1. The number of carbonyl (C=O) groups is 2. The first kappa shape index (κ1) is 18.8. The van der Waals surface area contributed by atoms with Crippen LogP contribution in [-0.2, 0) is 16.1 Å². The van der Waals surface area contributed by atoms with Crippen LogP contribution in [0.5, 0.6) is 0 Å². The summed E-state index contributed by atoms with van der Waals surface area (Å²) in [4.78, 5) is 30.1. The number of Topliss-reactive ketones (excluding diaryl/α,β-unsaturated/α-hetero) is 1. The average Bonchev–Trinajstić information content (AvgIpc) is 3.27. The Kier molecular flexibility index (Phi) is 6.19. The predicted molar refractivity (Wildman–Crippen MR) is 105 cm³/mol. The molecule has 3 aromatic rings. The predicted octanol–water partition coefficient (Wildman–Crippen LogP) is 5.54. The van der Waals surface area contributed by atoms with Crippen molar-refractivity contribution in [2.75, 3.05) is 0 Å². The Labute approximate surface area is 164 Å². The topological polar surface area (TPSA) is 56.3 Å². The lowest BCUT2D eigenvalue weighted by molar-refractivity contribution is -0.145. The molecule has 0 saturated heterocycles. The highest BCUT2D eigenvalue weighted by molar-refractivity contribution is 7.14. The number of rotatable bonds is 7. The Hall–Kier alpha value is -2.02. The van der Waals surface area contributed by atoms with Crippen LogP contribution >= 0.6 is 34.3 Å². The van der Waals surface area contributed by atoms with Crippen molar-refractivity contribution >= 4 is 46.0 Å². The molecule has 0 fully saturated rings. The number of hydrogen-bond donors (Lipinski definition) is 0. The van der Waals surface area contributed by atoms with Gasteiger partial charge in [0, 0.05) is 27.3 Å². The van der Waals surface area contributed by atoms with Gasteiger partial charge in [0.1, 0.15) is 11.6 Å². The number of carbonyl (C=O) groups excluding carboxylic acids is 2. The summed E-state index contributed by atoms with van der Waals surface area (Å²) in [6.07, 6.45) is 0.232. The summed E-state index contributed by atoms with van der Waals surface area (Å²) in [5, 5.41) is 3.37. The zero-order valence-corrected chi connectivity index (χ0v) is 16.4. The normalized spacial score (nSPS) is 10.7. The lowest BCUT2D eigenvalue weighted by Crippen LogP contribution is -2.07. The molecule has 0 aliphatic heterocycles. The van der Waals surface area contributed by atoms with Gasteiger partial charge in [-0.25, -0.2) is 4.98 Å². The number of hydrogen-bond acceptors (Lipinski definition) is 6. The lowest BCUT2D eigenvalue weighted by Gasteiger charge is -2.02. The van der Waals surface area contributed by atoms with Gasteiger partial charge in [0.05, 0.1) is 17.0 Å². The smallest absolute Gasteiger partial charge is 0.306 e. The number of aromatic nitrogens is 1. The molecular weight excluding hydrogens is 390 g/mol. The van der Waals surface area contributed by atoms with E-state index < -0.39 is 5.97 Å². The number of thiazole rings is 1. The van der Waals surface area contributed by atoms with E-state index in [2.05, 4.69) is 4.98 Å². The van der Waals surface area contributed by atoms with Crippen LogP contribution in [0.1, 0.15) is 33.1 Å². The second kappa shape index (κ2) is 8.58. The van der Waals surface area contributed by atoms with Crippen molar-refractivity contribution in [3.05, 3.63) is 62.2 Å². The molecule has 7 heteroatoms. The van der Waals surface area contributed by atoms with Crippen molar-refractivity contribution in [1.82, 2.24) is 4.98 Å². The van der Waals surface area contributed by atoms with Crippen molar-refractivity contribution < 1.29 is 14.3 Å². The third-order valence-electron chi connectivity index (χ3n) is 3.60. The number of aryl methyl sites for hydroxylation is 1. The molecule has 0 spiro atoms. The average molecular weight is 406 g/mol. The molecule has 0 radical (unpaired) electrons. The number of ketones is 1. The number of nitrogens with zero attached hydrogens (tertiary/aromatic N) is 1. The summed E-state index contributed by atoms with van der Waals surface area (Å²) in [7, 11) is 0. The summed E-state index contributed by atoms with van der Waals surface area (Å²) in [5.41, 5.74) is 1.65. The second-order valence-electron chi connectivity index (χ2n) is 5.65. The third-order valence-corrected chi connectivity index (χ3v) is 5.83. The highest BCUT2D eigenvalue weighted by Gasteiger charge is 2.13. The molecule has 3 rings (SSSR count). The maximum Gasteiger partial charge on any atom is 0.306 e.